The molecule has 1 atom stereocenters. The third-order valence-electron chi connectivity index (χ3n) is 3.21. The van der Waals surface area contributed by atoms with Crippen LogP contribution in [0.1, 0.15) is 5.56 Å². The van der Waals surface area contributed by atoms with E-state index in [0.717, 1.165) is 6.08 Å². The molecule has 1 aromatic rings. The lowest BCUT2D eigenvalue weighted by atomic mass is 10.0. The highest BCUT2D eigenvalue weighted by Gasteiger charge is 2.49. The van der Waals surface area contributed by atoms with Gasteiger partial charge >= 0.3 is 18.3 Å². The van der Waals surface area contributed by atoms with Crippen LogP contribution >= 0.6 is 23.2 Å². The number of carbonyl (C=O) groups is 2. The zero-order valence-electron chi connectivity index (χ0n) is 14.0. The molecule has 0 N–H and O–H groups in total. The molecule has 0 amide bonds. The maximum atomic E-state index is 13.3. The molecule has 2 rings (SSSR count). The average molecular weight is 460 g/mol. The molecule has 14 heteroatoms. The second kappa shape index (κ2) is 9.65. The SMILES string of the molecule is O=NOCCOC(=O)OCOC(=O)C1=Cc2cc(Cl)cc(Cl)c2O[C@@H]1C(F)(F)F. The Morgan fingerprint density at radius 2 is 1.86 bits per heavy atom. The number of rotatable bonds is 7. The Bertz CT molecular complexity index is 831. The predicted octanol–water partition coefficient (Wildman–Crippen LogP) is 4.05. The van der Waals surface area contributed by atoms with Gasteiger partial charge in [-0.3, -0.25) is 0 Å². The summed E-state index contributed by atoms with van der Waals surface area (Å²) in [6, 6.07) is 2.43. The molecule has 1 aliphatic heterocycles. The van der Waals surface area contributed by atoms with E-state index in [1.165, 1.54) is 12.1 Å². The highest BCUT2D eigenvalue weighted by atomic mass is 35.5. The summed E-state index contributed by atoms with van der Waals surface area (Å²) in [5.74, 6) is -1.77. The van der Waals surface area contributed by atoms with Crippen molar-refractivity contribution in [2.24, 2.45) is 5.34 Å². The van der Waals surface area contributed by atoms with Gasteiger partial charge in [0.2, 0.25) is 12.9 Å². The molecule has 29 heavy (non-hydrogen) atoms. The Kier molecular flexibility index (Phi) is 7.51. The Morgan fingerprint density at radius 1 is 1.14 bits per heavy atom. The minimum absolute atomic E-state index is 0.0269. The summed E-state index contributed by atoms with van der Waals surface area (Å²) in [7, 11) is 0. The van der Waals surface area contributed by atoms with E-state index in [1.807, 2.05) is 5.34 Å². The van der Waals surface area contributed by atoms with Gasteiger partial charge in [-0.1, -0.05) is 23.2 Å². The Morgan fingerprint density at radius 3 is 2.52 bits per heavy atom. The lowest BCUT2D eigenvalue weighted by Gasteiger charge is -2.28. The lowest BCUT2D eigenvalue weighted by Crippen LogP contribution is -2.41. The van der Waals surface area contributed by atoms with Crippen LogP contribution in [0.15, 0.2) is 23.0 Å². The Labute approximate surface area is 170 Å². The molecule has 0 fully saturated rings. The van der Waals surface area contributed by atoms with Crippen molar-refractivity contribution in [2.75, 3.05) is 20.0 Å². The molecular formula is C15H10Cl2F3NO8. The molecular weight excluding hydrogens is 450 g/mol. The summed E-state index contributed by atoms with van der Waals surface area (Å²) in [6.07, 6.45) is -8.10. The van der Waals surface area contributed by atoms with E-state index in [4.69, 9.17) is 27.9 Å². The topological polar surface area (TPSA) is 110 Å². The number of esters is 1. The number of carbonyl (C=O) groups excluding carboxylic acids is 2. The highest BCUT2D eigenvalue weighted by molar-refractivity contribution is 6.36. The monoisotopic (exact) mass is 459 g/mol. The first-order chi connectivity index (χ1) is 13.6. The van der Waals surface area contributed by atoms with Crippen molar-refractivity contribution in [2.45, 2.75) is 12.3 Å². The van der Waals surface area contributed by atoms with E-state index < -0.39 is 43.4 Å². The lowest BCUT2D eigenvalue weighted by molar-refractivity contribution is -0.189. The molecule has 0 bridgehead atoms. The van der Waals surface area contributed by atoms with Crippen LogP contribution in [0, 0.1) is 4.91 Å². The van der Waals surface area contributed by atoms with Crippen LogP contribution in [-0.2, 0) is 23.8 Å². The number of ether oxygens (including phenoxy) is 4. The number of benzene rings is 1. The van der Waals surface area contributed by atoms with Crippen LogP contribution in [0.25, 0.3) is 6.08 Å². The van der Waals surface area contributed by atoms with Crippen molar-refractivity contribution >= 4 is 41.4 Å². The summed E-state index contributed by atoms with van der Waals surface area (Å²) >= 11 is 11.6. The molecule has 158 valence electrons. The molecule has 1 aliphatic rings. The van der Waals surface area contributed by atoms with E-state index in [0.29, 0.717) is 0 Å². The van der Waals surface area contributed by atoms with Gasteiger partial charge in [0, 0.05) is 10.6 Å². The van der Waals surface area contributed by atoms with Crippen molar-refractivity contribution in [3.05, 3.63) is 38.2 Å². The van der Waals surface area contributed by atoms with E-state index in [2.05, 4.69) is 19.0 Å². The van der Waals surface area contributed by atoms with Gasteiger partial charge in [-0.15, -0.1) is 4.91 Å². The molecule has 0 radical (unpaired) electrons. The van der Waals surface area contributed by atoms with Crippen LogP contribution in [-0.4, -0.2) is 44.4 Å². The first-order valence-corrected chi connectivity index (χ1v) is 8.24. The van der Waals surface area contributed by atoms with E-state index in [-0.39, 0.29) is 28.0 Å². The smallest absolute Gasteiger partial charge is 0.474 e. The quantitative estimate of drug-likeness (QED) is 0.197. The molecule has 0 aliphatic carbocycles. The van der Waals surface area contributed by atoms with Gasteiger partial charge in [-0.05, 0) is 18.2 Å². The van der Waals surface area contributed by atoms with E-state index >= 15 is 0 Å². The first-order valence-electron chi connectivity index (χ1n) is 7.48. The van der Waals surface area contributed by atoms with Crippen molar-refractivity contribution in [1.82, 2.24) is 0 Å². The Balaban J connectivity index is 2.06. The molecule has 0 aromatic heterocycles. The summed E-state index contributed by atoms with van der Waals surface area (Å²) in [4.78, 5) is 36.9. The fourth-order valence-electron chi connectivity index (χ4n) is 2.10. The van der Waals surface area contributed by atoms with Crippen LogP contribution in [0.3, 0.4) is 0 Å². The molecule has 0 spiro atoms. The molecule has 0 saturated heterocycles. The molecule has 1 heterocycles. The summed E-state index contributed by atoms with van der Waals surface area (Å²) < 4.78 is 58.1. The number of nitrogens with zero attached hydrogens (tertiary/aromatic N) is 1. The number of fused-ring (bicyclic) bond motifs is 1. The van der Waals surface area contributed by atoms with Crippen LogP contribution in [0.5, 0.6) is 5.75 Å². The zero-order chi connectivity index (χ0) is 21.6. The molecule has 9 nitrogen and oxygen atoms in total. The average Bonchev–Trinajstić information content (AvgIpc) is 2.63. The van der Waals surface area contributed by atoms with Gasteiger partial charge < -0.3 is 23.8 Å². The number of halogens is 5. The Hall–Kier alpha value is -2.73. The van der Waals surface area contributed by atoms with Gasteiger partial charge in [0.05, 0.1) is 10.6 Å². The fourth-order valence-corrected chi connectivity index (χ4v) is 2.65. The highest BCUT2D eigenvalue weighted by Crippen LogP contribution is 2.42. The van der Waals surface area contributed by atoms with Crippen molar-refractivity contribution < 1.29 is 46.5 Å². The first kappa shape index (κ1) is 22.6. The molecule has 0 unspecified atom stereocenters. The second-order valence-electron chi connectivity index (χ2n) is 5.15. The van der Waals surface area contributed by atoms with Gasteiger partial charge in [0.15, 0.2) is 11.9 Å². The fraction of sp³-hybridized carbons (Fsp3) is 0.333. The summed E-state index contributed by atoms with van der Waals surface area (Å²) in [5, 5.41) is 1.97. The van der Waals surface area contributed by atoms with E-state index in [1.54, 1.807) is 0 Å². The third kappa shape index (κ3) is 6.12. The van der Waals surface area contributed by atoms with Crippen molar-refractivity contribution in [3.8, 4) is 5.75 Å². The number of alkyl halides is 3. The maximum absolute atomic E-state index is 13.3. The normalized spacial score (nSPS) is 15.3. The van der Waals surface area contributed by atoms with Gasteiger partial charge in [-0.25, -0.2) is 9.59 Å². The van der Waals surface area contributed by atoms with Crippen LogP contribution in [0.2, 0.25) is 10.0 Å². The predicted molar refractivity (Wildman–Crippen MR) is 90.0 cm³/mol. The minimum atomic E-state index is -4.97. The minimum Gasteiger partial charge on any atom is -0.474 e. The molecule has 1 aromatic carbocycles. The van der Waals surface area contributed by atoms with Crippen molar-refractivity contribution in [3.63, 3.8) is 0 Å². The van der Waals surface area contributed by atoms with Gasteiger partial charge in [0.25, 0.3) is 0 Å². The number of hydrogen-bond acceptors (Lipinski definition) is 9. The number of hydrogen-bond donors (Lipinski definition) is 0. The summed E-state index contributed by atoms with van der Waals surface area (Å²) in [6.45, 7) is -1.79. The van der Waals surface area contributed by atoms with Crippen molar-refractivity contribution in [1.29, 1.82) is 0 Å². The van der Waals surface area contributed by atoms with Gasteiger partial charge in [0.1, 0.15) is 12.4 Å². The zero-order valence-corrected chi connectivity index (χ0v) is 15.5. The van der Waals surface area contributed by atoms with E-state index in [9.17, 15) is 27.7 Å². The van der Waals surface area contributed by atoms with Crippen LogP contribution < -0.4 is 4.74 Å². The largest absolute Gasteiger partial charge is 0.511 e. The third-order valence-corrected chi connectivity index (χ3v) is 3.71. The maximum Gasteiger partial charge on any atom is 0.511 e. The standard InChI is InChI=1S/C15H10Cl2F3NO8/c16-8-3-7-4-9(12(15(18,19)20)29-11(7)10(17)5-8)13(22)26-6-27-14(23)25-1-2-28-21-24/h3-5,12H,1-2,6H2/t12-/m0/s1. The second-order valence-corrected chi connectivity index (χ2v) is 5.99. The summed E-state index contributed by atoms with van der Waals surface area (Å²) in [5.41, 5.74) is -0.884. The van der Waals surface area contributed by atoms with Crippen LogP contribution in [0.4, 0.5) is 18.0 Å². The van der Waals surface area contributed by atoms with Gasteiger partial charge in [-0.2, -0.15) is 13.2 Å². The molecule has 0 saturated carbocycles.